The lowest BCUT2D eigenvalue weighted by atomic mass is 10.1. The molecule has 1 aromatic rings. The largest absolute Gasteiger partial charge is 0.406 e. The number of carbonyl (C=O) groups excluding carboxylic acids is 1. The second-order valence-corrected chi connectivity index (χ2v) is 4.97. The number of alkyl halides is 3. The smallest absolute Gasteiger partial charge is 0.325 e. The molecule has 7 heteroatoms. The van der Waals surface area contributed by atoms with E-state index >= 15 is 0 Å². The second-order valence-electron chi connectivity index (χ2n) is 4.97. The van der Waals surface area contributed by atoms with Gasteiger partial charge in [0, 0.05) is 6.04 Å². The zero-order valence-corrected chi connectivity index (χ0v) is 10.8. The fourth-order valence-corrected chi connectivity index (χ4v) is 2.10. The maximum absolute atomic E-state index is 13.0. The van der Waals surface area contributed by atoms with E-state index in [0.717, 1.165) is 23.8 Å². The van der Waals surface area contributed by atoms with Crippen molar-refractivity contribution in [1.82, 2.24) is 9.88 Å². The molecule has 0 bridgehead atoms. The van der Waals surface area contributed by atoms with E-state index in [2.05, 4.69) is 4.98 Å². The molecule has 1 amide bonds. The average molecular weight is 290 g/mol. The summed E-state index contributed by atoms with van der Waals surface area (Å²) < 4.78 is 50.8. The molecule has 0 N–H and O–H groups in total. The summed E-state index contributed by atoms with van der Waals surface area (Å²) >= 11 is 0. The summed E-state index contributed by atoms with van der Waals surface area (Å²) in [6.45, 7) is 0.238. The van der Waals surface area contributed by atoms with Crippen LogP contribution in [0.2, 0.25) is 0 Å². The van der Waals surface area contributed by atoms with Crippen LogP contribution < -0.4 is 0 Å². The quantitative estimate of drug-likeness (QED) is 0.631. The number of pyridine rings is 1. The molecule has 1 fully saturated rings. The summed E-state index contributed by atoms with van der Waals surface area (Å²) in [6.07, 6.45) is -2.88. The Morgan fingerprint density at radius 3 is 2.60 bits per heavy atom. The molecule has 2 rings (SSSR count). The maximum Gasteiger partial charge on any atom is 0.406 e. The molecule has 1 aliphatic rings. The lowest BCUT2D eigenvalue weighted by molar-refractivity contribution is -0.144. The van der Waals surface area contributed by atoms with E-state index in [9.17, 15) is 22.4 Å². The van der Waals surface area contributed by atoms with Crippen molar-refractivity contribution in [3.05, 3.63) is 29.8 Å². The number of halogens is 4. The van der Waals surface area contributed by atoms with Crippen molar-refractivity contribution in [3.63, 3.8) is 0 Å². The molecule has 1 atom stereocenters. The molecule has 1 aromatic heterocycles. The Morgan fingerprint density at radius 1 is 1.45 bits per heavy atom. The van der Waals surface area contributed by atoms with E-state index in [1.807, 2.05) is 0 Å². The van der Waals surface area contributed by atoms with Gasteiger partial charge in [-0.1, -0.05) is 6.07 Å². The van der Waals surface area contributed by atoms with Crippen LogP contribution in [0.3, 0.4) is 0 Å². The standard InChI is InChI=1S/C13H14F4N2O/c1-8(9-5-6-9)19(7-13(15,16)17)12(20)10-3-2-4-11(14)18-10/h2-4,8-9H,5-7H2,1H3. The van der Waals surface area contributed by atoms with Crippen LogP contribution in [0.4, 0.5) is 17.6 Å². The van der Waals surface area contributed by atoms with Crippen LogP contribution in [-0.2, 0) is 0 Å². The van der Waals surface area contributed by atoms with Gasteiger partial charge in [-0.3, -0.25) is 4.79 Å². The molecule has 110 valence electrons. The van der Waals surface area contributed by atoms with E-state index in [0.29, 0.717) is 0 Å². The van der Waals surface area contributed by atoms with Gasteiger partial charge in [-0.05, 0) is 37.8 Å². The van der Waals surface area contributed by atoms with E-state index in [1.165, 1.54) is 12.1 Å². The van der Waals surface area contributed by atoms with Gasteiger partial charge in [-0.25, -0.2) is 4.98 Å². The first-order valence-corrected chi connectivity index (χ1v) is 6.28. The zero-order valence-electron chi connectivity index (χ0n) is 10.8. The predicted octanol–water partition coefficient (Wildman–Crippen LogP) is 3.02. The maximum atomic E-state index is 13.0. The minimum absolute atomic E-state index is 0.0786. The van der Waals surface area contributed by atoms with Crippen molar-refractivity contribution in [2.75, 3.05) is 6.54 Å². The van der Waals surface area contributed by atoms with E-state index in [-0.39, 0.29) is 11.6 Å². The predicted molar refractivity (Wildman–Crippen MR) is 63.5 cm³/mol. The number of carbonyl (C=O) groups is 1. The number of aromatic nitrogens is 1. The minimum atomic E-state index is -4.49. The van der Waals surface area contributed by atoms with Crippen molar-refractivity contribution in [1.29, 1.82) is 0 Å². The number of rotatable bonds is 4. The molecule has 1 aliphatic carbocycles. The molecular weight excluding hydrogens is 276 g/mol. The summed E-state index contributed by atoms with van der Waals surface area (Å²) in [5, 5.41) is 0. The molecule has 1 unspecified atom stereocenters. The van der Waals surface area contributed by atoms with Gasteiger partial charge in [0.15, 0.2) is 0 Å². The molecule has 3 nitrogen and oxygen atoms in total. The number of hydrogen-bond acceptors (Lipinski definition) is 2. The Bertz CT molecular complexity index is 499. The van der Waals surface area contributed by atoms with Crippen LogP contribution >= 0.6 is 0 Å². The van der Waals surface area contributed by atoms with Gasteiger partial charge in [-0.2, -0.15) is 17.6 Å². The second kappa shape index (κ2) is 5.38. The molecule has 0 saturated heterocycles. The normalized spacial score (nSPS) is 16.9. The Morgan fingerprint density at radius 2 is 2.10 bits per heavy atom. The molecule has 0 radical (unpaired) electrons. The van der Waals surface area contributed by atoms with Crippen molar-refractivity contribution in [3.8, 4) is 0 Å². The van der Waals surface area contributed by atoms with Crippen LogP contribution in [0.15, 0.2) is 18.2 Å². The summed E-state index contributed by atoms with van der Waals surface area (Å²) in [7, 11) is 0. The third-order valence-electron chi connectivity index (χ3n) is 3.34. The molecular formula is C13H14F4N2O. The molecule has 0 aromatic carbocycles. The Balaban J connectivity index is 2.23. The SMILES string of the molecule is CC(C1CC1)N(CC(F)(F)F)C(=O)c1cccc(F)n1. The first-order chi connectivity index (χ1) is 9.28. The minimum Gasteiger partial charge on any atom is -0.325 e. The van der Waals surface area contributed by atoms with Gasteiger partial charge in [0.2, 0.25) is 5.95 Å². The van der Waals surface area contributed by atoms with E-state index < -0.39 is 30.6 Å². The van der Waals surface area contributed by atoms with Crippen molar-refractivity contribution in [2.24, 2.45) is 5.92 Å². The van der Waals surface area contributed by atoms with E-state index in [4.69, 9.17) is 0 Å². The summed E-state index contributed by atoms with van der Waals surface area (Å²) in [4.78, 5) is 16.2. The van der Waals surface area contributed by atoms with Gasteiger partial charge in [0.05, 0.1) is 0 Å². The van der Waals surface area contributed by atoms with Gasteiger partial charge in [0.25, 0.3) is 5.91 Å². The summed E-state index contributed by atoms with van der Waals surface area (Å²) in [6, 6.07) is 2.97. The summed E-state index contributed by atoms with van der Waals surface area (Å²) in [5.74, 6) is -1.70. The number of hydrogen-bond donors (Lipinski definition) is 0. The third kappa shape index (κ3) is 3.68. The third-order valence-corrected chi connectivity index (χ3v) is 3.34. The highest BCUT2D eigenvalue weighted by Gasteiger charge is 2.41. The van der Waals surface area contributed by atoms with Crippen LogP contribution in [-0.4, -0.2) is 34.6 Å². The molecule has 20 heavy (non-hydrogen) atoms. The highest BCUT2D eigenvalue weighted by Crippen LogP contribution is 2.36. The Hall–Kier alpha value is -1.66. The van der Waals surface area contributed by atoms with Gasteiger partial charge >= 0.3 is 6.18 Å². The number of amides is 1. The topological polar surface area (TPSA) is 33.2 Å². The first kappa shape index (κ1) is 14.7. The Labute approximate surface area is 113 Å². The first-order valence-electron chi connectivity index (χ1n) is 6.28. The zero-order chi connectivity index (χ0) is 14.9. The summed E-state index contributed by atoms with van der Waals surface area (Å²) in [5.41, 5.74) is -0.304. The van der Waals surface area contributed by atoms with Crippen molar-refractivity contribution < 1.29 is 22.4 Å². The highest BCUT2D eigenvalue weighted by atomic mass is 19.4. The molecule has 1 saturated carbocycles. The highest BCUT2D eigenvalue weighted by molar-refractivity contribution is 5.92. The average Bonchev–Trinajstić information content (AvgIpc) is 3.17. The molecule has 1 heterocycles. The van der Waals surface area contributed by atoms with Crippen LogP contribution in [0, 0.1) is 11.9 Å². The van der Waals surface area contributed by atoms with Crippen LogP contribution in [0.1, 0.15) is 30.3 Å². The fraction of sp³-hybridized carbons (Fsp3) is 0.538. The van der Waals surface area contributed by atoms with Crippen molar-refractivity contribution in [2.45, 2.75) is 32.0 Å². The van der Waals surface area contributed by atoms with E-state index in [1.54, 1.807) is 6.92 Å². The van der Waals surface area contributed by atoms with Crippen molar-refractivity contribution >= 4 is 5.91 Å². The Kier molecular flexibility index (Phi) is 3.96. The van der Waals surface area contributed by atoms with Gasteiger partial charge in [-0.15, -0.1) is 0 Å². The number of nitrogens with zero attached hydrogens (tertiary/aromatic N) is 2. The lowest BCUT2D eigenvalue weighted by Gasteiger charge is -2.30. The van der Waals surface area contributed by atoms with Gasteiger partial charge < -0.3 is 4.90 Å². The van der Waals surface area contributed by atoms with Crippen LogP contribution in [0.5, 0.6) is 0 Å². The fourth-order valence-electron chi connectivity index (χ4n) is 2.10. The molecule has 0 aliphatic heterocycles. The lowest BCUT2D eigenvalue weighted by Crippen LogP contribution is -2.45. The van der Waals surface area contributed by atoms with Crippen LogP contribution in [0.25, 0.3) is 0 Å². The molecule has 0 spiro atoms. The monoisotopic (exact) mass is 290 g/mol. The van der Waals surface area contributed by atoms with Gasteiger partial charge in [0.1, 0.15) is 12.2 Å².